The predicted molar refractivity (Wildman–Crippen MR) is 127 cm³/mol. The monoisotopic (exact) mass is 469 g/mol. The zero-order valence-electron chi connectivity index (χ0n) is 17.7. The lowest BCUT2D eigenvalue weighted by molar-refractivity contribution is -0.118. The lowest BCUT2D eigenvalue weighted by atomic mass is 10.1. The van der Waals surface area contributed by atoms with Gasteiger partial charge in [0.25, 0.3) is 5.56 Å². The minimum Gasteiger partial charge on any atom is -0.351 e. The van der Waals surface area contributed by atoms with Crippen molar-refractivity contribution in [2.75, 3.05) is 5.75 Å². The van der Waals surface area contributed by atoms with Gasteiger partial charge in [0.05, 0.1) is 16.3 Å². The number of hydrogen-bond acceptors (Lipinski definition) is 5. The quantitative estimate of drug-likeness (QED) is 0.398. The van der Waals surface area contributed by atoms with Crippen LogP contribution >= 0.6 is 23.5 Å². The summed E-state index contributed by atoms with van der Waals surface area (Å²) in [5, 5.41) is 3.74. The summed E-state index contributed by atoms with van der Waals surface area (Å²) < 4.78 is 14.7. The molecule has 166 valence electrons. The third kappa shape index (κ3) is 5.61. The molecule has 1 aromatic heterocycles. The highest BCUT2D eigenvalue weighted by Gasteiger charge is 2.26. The molecule has 0 spiro atoms. The zero-order valence-corrected chi connectivity index (χ0v) is 19.3. The maximum atomic E-state index is 13.2. The Kier molecular flexibility index (Phi) is 7.32. The van der Waals surface area contributed by atoms with Gasteiger partial charge in [0.15, 0.2) is 5.16 Å². The van der Waals surface area contributed by atoms with Gasteiger partial charge in [0.1, 0.15) is 5.82 Å². The topological polar surface area (TPSA) is 64.0 Å². The molecule has 0 saturated heterocycles. The summed E-state index contributed by atoms with van der Waals surface area (Å²) in [4.78, 5) is 31.1. The van der Waals surface area contributed by atoms with Crippen molar-refractivity contribution in [3.63, 3.8) is 0 Å². The summed E-state index contributed by atoms with van der Waals surface area (Å²) in [7, 11) is 0. The molecule has 2 aromatic carbocycles. The first-order valence-corrected chi connectivity index (χ1v) is 12.3. The van der Waals surface area contributed by atoms with Crippen LogP contribution in [0.5, 0.6) is 0 Å². The van der Waals surface area contributed by atoms with Crippen molar-refractivity contribution < 1.29 is 9.18 Å². The molecule has 4 rings (SSSR count). The number of amides is 1. The number of rotatable bonds is 8. The number of nitrogens with zero attached hydrogens (tertiary/aromatic N) is 2. The standard InChI is InChI=1S/C24H24FN3O2S2/c1-16-13-20-22(32-16)23(30)28(12-11-17-5-3-2-4-6-17)24(27-20)31-15-21(29)26-14-18-7-9-19(25)10-8-18/h2-10,16H,11-15H2,1H3,(H,26,29). The van der Waals surface area contributed by atoms with Gasteiger partial charge >= 0.3 is 0 Å². The molecule has 5 nitrogen and oxygen atoms in total. The Hall–Kier alpha value is -2.58. The van der Waals surface area contributed by atoms with Crippen LogP contribution in [0.3, 0.4) is 0 Å². The highest BCUT2D eigenvalue weighted by molar-refractivity contribution is 8.00. The van der Waals surface area contributed by atoms with Crippen molar-refractivity contribution in [2.45, 2.75) is 48.2 Å². The predicted octanol–water partition coefficient (Wildman–Crippen LogP) is 4.07. The van der Waals surface area contributed by atoms with Crippen molar-refractivity contribution in [1.82, 2.24) is 14.9 Å². The highest BCUT2D eigenvalue weighted by Crippen LogP contribution is 2.34. The van der Waals surface area contributed by atoms with E-state index in [0.717, 1.165) is 28.1 Å². The number of hydrogen-bond donors (Lipinski definition) is 1. The van der Waals surface area contributed by atoms with Crippen molar-refractivity contribution in [2.24, 2.45) is 0 Å². The number of fused-ring (bicyclic) bond motifs is 1. The average Bonchev–Trinajstić information content (AvgIpc) is 3.18. The van der Waals surface area contributed by atoms with E-state index in [9.17, 15) is 14.0 Å². The SMILES string of the molecule is CC1Cc2nc(SCC(=O)NCc3ccc(F)cc3)n(CCc3ccccc3)c(=O)c2S1. The molecule has 8 heteroatoms. The number of carbonyl (C=O) groups is 1. The summed E-state index contributed by atoms with van der Waals surface area (Å²) in [6.07, 6.45) is 1.48. The Bertz CT molecular complexity index is 1150. The minimum atomic E-state index is -0.306. The maximum Gasteiger partial charge on any atom is 0.268 e. The number of aryl methyl sites for hydroxylation is 1. The third-order valence-corrected chi connectivity index (χ3v) is 7.36. The molecular formula is C24H24FN3O2S2. The maximum absolute atomic E-state index is 13.2. The number of nitrogens with one attached hydrogen (secondary N) is 1. The molecule has 1 aliphatic heterocycles. The fourth-order valence-corrected chi connectivity index (χ4v) is 5.49. The van der Waals surface area contributed by atoms with Crippen LogP contribution in [0.25, 0.3) is 0 Å². The molecular weight excluding hydrogens is 445 g/mol. The molecule has 1 unspecified atom stereocenters. The molecule has 32 heavy (non-hydrogen) atoms. The lowest BCUT2D eigenvalue weighted by Crippen LogP contribution is -2.28. The first-order chi connectivity index (χ1) is 15.5. The fraction of sp³-hybridized carbons (Fsp3) is 0.292. The Balaban J connectivity index is 1.46. The molecule has 0 bridgehead atoms. The van der Waals surface area contributed by atoms with Crippen LogP contribution in [0.15, 0.2) is 69.4 Å². The summed E-state index contributed by atoms with van der Waals surface area (Å²) in [6, 6.07) is 16.0. The van der Waals surface area contributed by atoms with E-state index in [1.807, 2.05) is 30.3 Å². The lowest BCUT2D eigenvalue weighted by Gasteiger charge is -2.14. The first-order valence-electron chi connectivity index (χ1n) is 10.5. The Morgan fingerprint density at radius 2 is 1.94 bits per heavy atom. The molecule has 1 amide bonds. The van der Waals surface area contributed by atoms with Crippen molar-refractivity contribution >= 4 is 29.4 Å². The number of benzene rings is 2. The first kappa shape index (κ1) is 22.6. The number of thioether (sulfide) groups is 2. The van der Waals surface area contributed by atoms with Gasteiger partial charge in [-0.2, -0.15) is 0 Å². The van der Waals surface area contributed by atoms with E-state index in [0.29, 0.717) is 29.9 Å². The van der Waals surface area contributed by atoms with Gasteiger partial charge in [-0.25, -0.2) is 9.37 Å². The van der Waals surface area contributed by atoms with Gasteiger partial charge < -0.3 is 5.32 Å². The number of halogens is 1. The van der Waals surface area contributed by atoms with Crippen molar-refractivity contribution in [1.29, 1.82) is 0 Å². The fourth-order valence-electron chi connectivity index (χ4n) is 3.51. The summed E-state index contributed by atoms with van der Waals surface area (Å²) in [5.74, 6) is -0.314. The van der Waals surface area contributed by atoms with E-state index >= 15 is 0 Å². The summed E-state index contributed by atoms with van der Waals surface area (Å²) in [6.45, 7) is 2.93. The molecule has 0 fully saturated rings. The Morgan fingerprint density at radius 3 is 2.69 bits per heavy atom. The molecule has 0 aliphatic carbocycles. The van der Waals surface area contributed by atoms with Crippen LogP contribution in [0.4, 0.5) is 4.39 Å². The normalized spacial score (nSPS) is 14.9. The van der Waals surface area contributed by atoms with Gasteiger partial charge in [-0.05, 0) is 29.7 Å². The number of carbonyl (C=O) groups excluding carboxylic acids is 1. The third-order valence-electron chi connectivity index (χ3n) is 5.17. The van der Waals surface area contributed by atoms with E-state index in [1.54, 1.807) is 28.5 Å². The van der Waals surface area contributed by atoms with Crippen LogP contribution in [0, 0.1) is 5.82 Å². The van der Waals surface area contributed by atoms with Crippen molar-refractivity contribution in [3.05, 3.63) is 87.6 Å². The van der Waals surface area contributed by atoms with Gasteiger partial charge in [-0.1, -0.05) is 61.2 Å². The largest absolute Gasteiger partial charge is 0.351 e. The van der Waals surface area contributed by atoms with Gasteiger partial charge in [-0.15, -0.1) is 11.8 Å². The molecule has 1 aliphatic rings. The molecule has 3 aromatic rings. The van der Waals surface area contributed by atoms with Crippen molar-refractivity contribution in [3.8, 4) is 0 Å². The van der Waals surface area contributed by atoms with Crippen LogP contribution in [0.2, 0.25) is 0 Å². The van der Waals surface area contributed by atoms with Crippen LogP contribution in [0.1, 0.15) is 23.7 Å². The van der Waals surface area contributed by atoms with Gasteiger partial charge in [0.2, 0.25) is 5.91 Å². The number of aromatic nitrogens is 2. The van der Waals surface area contributed by atoms with Crippen LogP contribution in [-0.4, -0.2) is 26.5 Å². The second kappa shape index (κ2) is 10.4. The molecule has 1 atom stereocenters. The van der Waals surface area contributed by atoms with Gasteiger partial charge in [0, 0.05) is 24.8 Å². The van der Waals surface area contributed by atoms with E-state index in [4.69, 9.17) is 4.98 Å². The van der Waals surface area contributed by atoms with E-state index in [1.165, 1.54) is 23.9 Å². The smallest absolute Gasteiger partial charge is 0.268 e. The average molecular weight is 470 g/mol. The van der Waals surface area contributed by atoms with E-state index in [2.05, 4.69) is 12.2 Å². The molecule has 0 radical (unpaired) electrons. The Labute approximate surface area is 194 Å². The molecule has 2 heterocycles. The molecule has 0 saturated carbocycles. The summed E-state index contributed by atoms with van der Waals surface area (Å²) >= 11 is 2.86. The minimum absolute atomic E-state index is 0.0190. The van der Waals surface area contributed by atoms with Crippen LogP contribution < -0.4 is 10.9 Å². The van der Waals surface area contributed by atoms with Crippen LogP contribution in [-0.2, 0) is 30.7 Å². The van der Waals surface area contributed by atoms with E-state index < -0.39 is 0 Å². The molecule has 1 N–H and O–H groups in total. The summed E-state index contributed by atoms with van der Waals surface area (Å²) in [5.41, 5.74) is 2.78. The second-order valence-corrected chi connectivity index (χ2v) is 10.1. The van der Waals surface area contributed by atoms with E-state index in [-0.39, 0.29) is 23.0 Å². The Morgan fingerprint density at radius 1 is 1.19 bits per heavy atom. The van der Waals surface area contributed by atoms with Gasteiger partial charge in [-0.3, -0.25) is 14.2 Å². The second-order valence-electron chi connectivity index (χ2n) is 7.69. The highest BCUT2D eigenvalue weighted by atomic mass is 32.2. The zero-order chi connectivity index (χ0) is 22.5.